The van der Waals surface area contributed by atoms with Gasteiger partial charge in [0, 0.05) is 19.5 Å². The standard InChI is InChI=1S/C11H12N6O4/c1-3-12-9-8(4-7(5-13-9)17(19)20)10(18)14-11-16-15-6(2)21-11/h4-5H,3H2,1-2H3,(H,12,13)(H,14,16,18). The van der Waals surface area contributed by atoms with Crippen LogP contribution in [0.15, 0.2) is 16.7 Å². The fraction of sp³-hybridized carbons (Fsp3) is 0.273. The molecule has 0 bridgehead atoms. The van der Waals surface area contributed by atoms with E-state index in [1.807, 2.05) is 6.92 Å². The summed E-state index contributed by atoms with van der Waals surface area (Å²) in [6, 6.07) is 1.04. The zero-order valence-corrected chi connectivity index (χ0v) is 11.3. The number of aryl methyl sites for hydroxylation is 1. The lowest BCUT2D eigenvalue weighted by atomic mass is 10.2. The van der Waals surface area contributed by atoms with Crippen molar-refractivity contribution in [2.45, 2.75) is 13.8 Å². The van der Waals surface area contributed by atoms with Gasteiger partial charge in [0.15, 0.2) is 0 Å². The van der Waals surface area contributed by atoms with Crippen LogP contribution in [0.5, 0.6) is 0 Å². The minimum absolute atomic E-state index is 0.0157. The quantitative estimate of drug-likeness (QED) is 0.622. The molecule has 0 aliphatic rings. The summed E-state index contributed by atoms with van der Waals surface area (Å²) >= 11 is 0. The lowest BCUT2D eigenvalue weighted by Crippen LogP contribution is -2.16. The highest BCUT2D eigenvalue weighted by atomic mass is 16.6. The highest BCUT2D eigenvalue weighted by Gasteiger charge is 2.19. The Hall–Kier alpha value is -3.04. The SMILES string of the molecule is CCNc1ncc([N+](=O)[O-])cc1C(=O)Nc1nnc(C)o1. The molecular formula is C11H12N6O4. The molecule has 2 aromatic heterocycles. The lowest BCUT2D eigenvalue weighted by Gasteiger charge is -2.08. The van der Waals surface area contributed by atoms with E-state index in [-0.39, 0.29) is 29.0 Å². The van der Waals surface area contributed by atoms with E-state index in [0.29, 0.717) is 6.54 Å². The van der Waals surface area contributed by atoms with Crippen LogP contribution in [-0.2, 0) is 0 Å². The number of nitro groups is 1. The molecule has 0 aromatic carbocycles. The van der Waals surface area contributed by atoms with E-state index in [0.717, 1.165) is 12.3 Å². The van der Waals surface area contributed by atoms with Crippen LogP contribution in [0.2, 0.25) is 0 Å². The monoisotopic (exact) mass is 292 g/mol. The molecule has 0 unspecified atom stereocenters. The van der Waals surface area contributed by atoms with Crippen molar-refractivity contribution in [3.05, 3.63) is 33.8 Å². The molecule has 0 radical (unpaired) electrons. The average Bonchev–Trinajstić information content (AvgIpc) is 2.84. The summed E-state index contributed by atoms with van der Waals surface area (Å²) in [7, 11) is 0. The molecule has 10 nitrogen and oxygen atoms in total. The van der Waals surface area contributed by atoms with Crippen LogP contribution in [0.25, 0.3) is 0 Å². The molecule has 0 spiro atoms. The van der Waals surface area contributed by atoms with Gasteiger partial charge in [-0.05, 0) is 6.92 Å². The topological polar surface area (TPSA) is 136 Å². The van der Waals surface area contributed by atoms with E-state index in [2.05, 4.69) is 25.8 Å². The number of amides is 1. The summed E-state index contributed by atoms with van der Waals surface area (Å²) in [5.41, 5.74) is -0.273. The highest BCUT2D eigenvalue weighted by molar-refractivity contribution is 6.06. The second kappa shape index (κ2) is 5.94. The van der Waals surface area contributed by atoms with E-state index in [1.54, 1.807) is 6.92 Å². The number of pyridine rings is 1. The van der Waals surface area contributed by atoms with E-state index < -0.39 is 10.8 Å². The third-order valence-electron chi connectivity index (χ3n) is 2.42. The predicted molar refractivity (Wildman–Crippen MR) is 72.0 cm³/mol. The molecule has 0 aliphatic carbocycles. The maximum Gasteiger partial charge on any atom is 0.322 e. The first-order valence-corrected chi connectivity index (χ1v) is 6.01. The molecule has 0 saturated heterocycles. The minimum atomic E-state index is -0.634. The molecule has 0 atom stereocenters. The number of anilines is 2. The van der Waals surface area contributed by atoms with Crippen molar-refractivity contribution in [2.24, 2.45) is 0 Å². The van der Waals surface area contributed by atoms with Gasteiger partial charge in [0.1, 0.15) is 12.0 Å². The molecule has 1 amide bonds. The number of nitrogens with one attached hydrogen (secondary N) is 2. The first-order valence-electron chi connectivity index (χ1n) is 6.01. The van der Waals surface area contributed by atoms with Gasteiger partial charge < -0.3 is 9.73 Å². The van der Waals surface area contributed by atoms with Gasteiger partial charge in [-0.15, -0.1) is 5.10 Å². The third kappa shape index (κ3) is 3.29. The molecule has 2 aromatic rings. The Morgan fingerprint density at radius 3 is 2.81 bits per heavy atom. The van der Waals surface area contributed by atoms with Crippen molar-refractivity contribution in [1.29, 1.82) is 0 Å². The number of hydrogen-bond acceptors (Lipinski definition) is 8. The Balaban J connectivity index is 2.32. The number of rotatable bonds is 5. The maximum atomic E-state index is 12.2. The summed E-state index contributed by atoms with van der Waals surface area (Å²) in [4.78, 5) is 26.2. The van der Waals surface area contributed by atoms with Gasteiger partial charge >= 0.3 is 6.01 Å². The molecule has 0 aliphatic heterocycles. The summed E-state index contributed by atoms with van der Waals surface area (Å²) < 4.78 is 5.02. The summed E-state index contributed by atoms with van der Waals surface area (Å²) in [5, 5.41) is 23.2. The zero-order chi connectivity index (χ0) is 15.4. The fourth-order valence-corrected chi connectivity index (χ4v) is 1.55. The van der Waals surface area contributed by atoms with Gasteiger partial charge in [-0.3, -0.25) is 20.2 Å². The van der Waals surface area contributed by atoms with Gasteiger partial charge in [-0.1, -0.05) is 5.10 Å². The van der Waals surface area contributed by atoms with Gasteiger partial charge in [0.2, 0.25) is 5.89 Å². The molecule has 2 rings (SSSR count). The van der Waals surface area contributed by atoms with E-state index >= 15 is 0 Å². The Labute approximate surface area is 118 Å². The van der Waals surface area contributed by atoms with Crippen LogP contribution in [0.3, 0.4) is 0 Å². The van der Waals surface area contributed by atoms with E-state index in [1.165, 1.54) is 0 Å². The van der Waals surface area contributed by atoms with Crippen LogP contribution < -0.4 is 10.6 Å². The van der Waals surface area contributed by atoms with Crippen molar-refractivity contribution in [2.75, 3.05) is 17.2 Å². The average molecular weight is 292 g/mol. The molecule has 2 N–H and O–H groups in total. The first-order chi connectivity index (χ1) is 10.0. The predicted octanol–water partition coefficient (Wildman–Crippen LogP) is 1.37. The van der Waals surface area contributed by atoms with Gasteiger partial charge in [0.25, 0.3) is 11.6 Å². The van der Waals surface area contributed by atoms with Crippen molar-refractivity contribution < 1.29 is 14.1 Å². The fourth-order valence-electron chi connectivity index (χ4n) is 1.55. The Kier molecular flexibility index (Phi) is 4.07. The first kappa shape index (κ1) is 14.4. The number of hydrogen-bond donors (Lipinski definition) is 2. The minimum Gasteiger partial charge on any atom is -0.408 e. The van der Waals surface area contributed by atoms with Crippen LogP contribution in [0.4, 0.5) is 17.5 Å². The maximum absolute atomic E-state index is 12.2. The van der Waals surface area contributed by atoms with Crippen molar-refractivity contribution in [3.63, 3.8) is 0 Å². The van der Waals surface area contributed by atoms with Gasteiger partial charge in [0.05, 0.1) is 10.5 Å². The van der Waals surface area contributed by atoms with Crippen molar-refractivity contribution in [1.82, 2.24) is 15.2 Å². The van der Waals surface area contributed by atoms with E-state index in [4.69, 9.17) is 4.42 Å². The van der Waals surface area contributed by atoms with Crippen LogP contribution in [0.1, 0.15) is 23.2 Å². The smallest absolute Gasteiger partial charge is 0.322 e. The second-order valence-electron chi connectivity index (χ2n) is 3.96. The zero-order valence-electron chi connectivity index (χ0n) is 11.3. The summed E-state index contributed by atoms with van der Waals surface area (Å²) in [5.74, 6) is -0.114. The lowest BCUT2D eigenvalue weighted by molar-refractivity contribution is -0.385. The molecule has 0 saturated carbocycles. The van der Waals surface area contributed by atoms with Crippen LogP contribution in [0, 0.1) is 17.0 Å². The number of nitrogens with zero attached hydrogens (tertiary/aromatic N) is 4. The third-order valence-corrected chi connectivity index (χ3v) is 2.42. The van der Waals surface area contributed by atoms with Gasteiger partial charge in [-0.25, -0.2) is 4.98 Å². The van der Waals surface area contributed by atoms with Crippen molar-refractivity contribution >= 4 is 23.4 Å². The normalized spacial score (nSPS) is 10.2. The molecule has 110 valence electrons. The number of carbonyl (C=O) groups excluding carboxylic acids is 1. The number of carbonyl (C=O) groups is 1. The molecule has 0 fully saturated rings. The molecule has 2 heterocycles. The van der Waals surface area contributed by atoms with Crippen LogP contribution >= 0.6 is 0 Å². The summed E-state index contributed by atoms with van der Waals surface area (Å²) in [6.07, 6.45) is 1.08. The molecular weight excluding hydrogens is 280 g/mol. The second-order valence-corrected chi connectivity index (χ2v) is 3.96. The summed E-state index contributed by atoms with van der Waals surface area (Å²) in [6.45, 7) is 3.89. The highest BCUT2D eigenvalue weighted by Crippen LogP contribution is 2.20. The Morgan fingerprint density at radius 2 is 2.24 bits per heavy atom. The van der Waals surface area contributed by atoms with Crippen LogP contribution in [-0.4, -0.2) is 32.6 Å². The van der Waals surface area contributed by atoms with Gasteiger partial charge in [-0.2, -0.15) is 0 Å². The Morgan fingerprint density at radius 1 is 1.48 bits per heavy atom. The van der Waals surface area contributed by atoms with E-state index in [9.17, 15) is 14.9 Å². The Bertz CT molecular complexity index is 683. The van der Waals surface area contributed by atoms with Crippen molar-refractivity contribution in [3.8, 4) is 0 Å². The molecule has 10 heteroatoms. The largest absolute Gasteiger partial charge is 0.408 e. The number of aromatic nitrogens is 3. The molecule has 21 heavy (non-hydrogen) atoms.